The summed E-state index contributed by atoms with van der Waals surface area (Å²) in [5.41, 5.74) is 0. The average Bonchev–Trinajstić information content (AvgIpc) is 3.55. The number of rotatable bonds is 70. The van der Waals surface area contributed by atoms with E-state index in [1.807, 2.05) is 0 Å². The highest BCUT2D eigenvalue weighted by atomic mass is 16.6. The summed E-state index contributed by atoms with van der Waals surface area (Å²) in [6.45, 7) is 4.06. The molecular formula is C81H144O5. The van der Waals surface area contributed by atoms with Crippen molar-refractivity contribution in [3.05, 3.63) is 97.2 Å². The molecule has 1 N–H and O–H groups in total. The van der Waals surface area contributed by atoms with Crippen molar-refractivity contribution in [3.63, 3.8) is 0 Å². The SMILES string of the molecule is CC/C=C\C/C=C\C/C=C\C/C=C\C/C=C\C/C=C\CCCCCCCCCCCCCCCCCCCCCCC(=O)OC(CO)COC(=O)CCCCCCCCCCCCCCCCCCCCCCC/C=C\C/C=C\CCCCCCC. The van der Waals surface area contributed by atoms with E-state index in [1.165, 1.54) is 276 Å². The largest absolute Gasteiger partial charge is 0.462 e. The fraction of sp³-hybridized carbons (Fsp3) is 0.778. The minimum absolute atomic E-state index is 0.0627. The number of allylic oxidation sites excluding steroid dienone is 16. The zero-order chi connectivity index (χ0) is 61.9. The van der Waals surface area contributed by atoms with Gasteiger partial charge in [0.1, 0.15) is 6.61 Å². The average molecular weight is 1200 g/mol. The minimum Gasteiger partial charge on any atom is -0.462 e. The first kappa shape index (κ1) is 82.8. The highest BCUT2D eigenvalue weighted by Crippen LogP contribution is 2.19. The van der Waals surface area contributed by atoms with Gasteiger partial charge in [-0.15, -0.1) is 0 Å². The van der Waals surface area contributed by atoms with Crippen LogP contribution in [0.3, 0.4) is 0 Å². The molecule has 1 unspecified atom stereocenters. The van der Waals surface area contributed by atoms with Crippen molar-refractivity contribution >= 4 is 11.9 Å². The second-order valence-corrected chi connectivity index (χ2v) is 25.3. The summed E-state index contributed by atoms with van der Waals surface area (Å²) in [4.78, 5) is 24.7. The van der Waals surface area contributed by atoms with Gasteiger partial charge in [0.05, 0.1) is 6.61 Å². The maximum atomic E-state index is 12.4. The van der Waals surface area contributed by atoms with E-state index < -0.39 is 6.10 Å². The molecule has 0 rings (SSSR count). The molecule has 0 radical (unpaired) electrons. The quantitative estimate of drug-likeness (QED) is 0.0373. The second kappa shape index (κ2) is 76.1. The Hall–Kier alpha value is -3.18. The van der Waals surface area contributed by atoms with Gasteiger partial charge in [-0.25, -0.2) is 0 Å². The smallest absolute Gasteiger partial charge is 0.306 e. The molecule has 5 nitrogen and oxygen atoms in total. The van der Waals surface area contributed by atoms with Gasteiger partial charge in [0.15, 0.2) is 6.10 Å². The predicted octanol–water partition coefficient (Wildman–Crippen LogP) is 26.5. The lowest BCUT2D eigenvalue weighted by Gasteiger charge is -2.15. The van der Waals surface area contributed by atoms with Crippen LogP contribution in [0.1, 0.15) is 386 Å². The molecule has 0 aliphatic carbocycles. The molecule has 0 aliphatic heterocycles. The minimum atomic E-state index is -0.774. The molecular weight excluding hydrogens is 1050 g/mol. The number of aliphatic hydroxyl groups is 1. The zero-order valence-corrected chi connectivity index (χ0v) is 57.3. The van der Waals surface area contributed by atoms with Crippen LogP contribution in [0.15, 0.2) is 97.2 Å². The molecule has 0 fully saturated rings. The van der Waals surface area contributed by atoms with Crippen molar-refractivity contribution < 1.29 is 24.2 Å². The van der Waals surface area contributed by atoms with E-state index in [9.17, 15) is 14.7 Å². The molecule has 0 aromatic carbocycles. The molecule has 0 aromatic rings. The topological polar surface area (TPSA) is 72.8 Å². The predicted molar refractivity (Wildman–Crippen MR) is 380 cm³/mol. The molecule has 0 aliphatic rings. The Balaban J connectivity index is 3.41. The maximum Gasteiger partial charge on any atom is 0.306 e. The van der Waals surface area contributed by atoms with Gasteiger partial charge in [0.2, 0.25) is 0 Å². The number of carbonyl (C=O) groups excluding carboxylic acids is 2. The summed E-state index contributed by atoms with van der Waals surface area (Å²) >= 11 is 0. The standard InChI is InChI=1S/C81H144O5/c1-3-5-7-9-11-13-15-17-19-21-23-25-27-29-31-33-35-37-38-39-40-41-42-44-46-48-50-52-54-56-58-60-62-64-66-68-70-72-74-76-81(84)86-79(77-82)78-85-80(83)75-73-71-69-67-65-63-61-59-57-55-53-51-49-47-45-43-36-34-32-30-28-26-24-22-20-18-16-14-12-10-8-6-4-2/h5,7,11,13,16-19,22-25,29,31,35,37,79,82H,3-4,6,8-10,12,14-15,20-21,26-28,30,32-34,36,38-78H2,1-2H3/b7-5-,13-11-,18-16-,19-17-,24-22-,25-23-,31-29-,37-35-. The van der Waals surface area contributed by atoms with Crippen molar-refractivity contribution in [3.8, 4) is 0 Å². The van der Waals surface area contributed by atoms with Gasteiger partial charge in [-0.2, -0.15) is 0 Å². The van der Waals surface area contributed by atoms with Crippen LogP contribution in [0.2, 0.25) is 0 Å². The van der Waals surface area contributed by atoms with Crippen molar-refractivity contribution in [1.29, 1.82) is 0 Å². The van der Waals surface area contributed by atoms with Gasteiger partial charge in [-0.1, -0.05) is 374 Å². The molecule has 0 saturated carbocycles. The Morgan fingerprint density at radius 3 is 0.756 bits per heavy atom. The number of carbonyl (C=O) groups is 2. The lowest BCUT2D eigenvalue weighted by Crippen LogP contribution is -2.28. The zero-order valence-electron chi connectivity index (χ0n) is 57.3. The normalized spacial score (nSPS) is 12.7. The summed E-state index contributed by atoms with van der Waals surface area (Å²) < 4.78 is 10.8. The molecule has 5 heteroatoms. The van der Waals surface area contributed by atoms with Crippen LogP contribution in [0.25, 0.3) is 0 Å². The molecule has 0 spiro atoms. The van der Waals surface area contributed by atoms with Gasteiger partial charge < -0.3 is 14.6 Å². The van der Waals surface area contributed by atoms with Crippen LogP contribution in [-0.2, 0) is 19.1 Å². The van der Waals surface area contributed by atoms with Crippen LogP contribution in [-0.4, -0.2) is 36.4 Å². The molecule has 86 heavy (non-hydrogen) atoms. The lowest BCUT2D eigenvalue weighted by atomic mass is 10.0. The van der Waals surface area contributed by atoms with E-state index in [1.54, 1.807) is 0 Å². The molecule has 0 heterocycles. The van der Waals surface area contributed by atoms with Crippen molar-refractivity contribution in [2.75, 3.05) is 13.2 Å². The number of esters is 2. The summed E-state index contributed by atoms with van der Waals surface area (Å²) in [7, 11) is 0. The van der Waals surface area contributed by atoms with Gasteiger partial charge in [-0.3, -0.25) is 9.59 Å². The summed E-state index contributed by atoms with van der Waals surface area (Å²) in [5, 5.41) is 9.72. The maximum absolute atomic E-state index is 12.4. The first-order valence-corrected chi connectivity index (χ1v) is 37.8. The second-order valence-electron chi connectivity index (χ2n) is 25.3. The van der Waals surface area contributed by atoms with E-state index in [2.05, 4.69) is 111 Å². The van der Waals surface area contributed by atoms with E-state index in [-0.39, 0.29) is 25.2 Å². The first-order chi connectivity index (χ1) is 42.6. The van der Waals surface area contributed by atoms with Crippen LogP contribution in [0.5, 0.6) is 0 Å². The van der Waals surface area contributed by atoms with E-state index >= 15 is 0 Å². The third-order valence-electron chi connectivity index (χ3n) is 16.9. The molecule has 0 amide bonds. The highest BCUT2D eigenvalue weighted by molar-refractivity contribution is 5.70. The van der Waals surface area contributed by atoms with E-state index in [0.29, 0.717) is 12.8 Å². The Morgan fingerprint density at radius 2 is 0.500 bits per heavy atom. The Kier molecular flexibility index (Phi) is 73.3. The van der Waals surface area contributed by atoms with Crippen LogP contribution < -0.4 is 0 Å². The third-order valence-corrected chi connectivity index (χ3v) is 16.9. The summed E-state index contributed by atoms with van der Waals surface area (Å²) in [5.74, 6) is -0.571. The van der Waals surface area contributed by atoms with Crippen molar-refractivity contribution in [1.82, 2.24) is 0 Å². The number of aliphatic hydroxyl groups excluding tert-OH is 1. The Morgan fingerprint density at radius 1 is 0.279 bits per heavy atom. The molecule has 0 bridgehead atoms. The van der Waals surface area contributed by atoms with Crippen LogP contribution in [0.4, 0.5) is 0 Å². The number of hydrogen-bond acceptors (Lipinski definition) is 5. The van der Waals surface area contributed by atoms with Gasteiger partial charge >= 0.3 is 11.9 Å². The van der Waals surface area contributed by atoms with Crippen molar-refractivity contribution in [2.24, 2.45) is 0 Å². The van der Waals surface area contributed by atoms with Crippen LogP contribution >= 0.6 is 0 Å². The lowest BCUT2D eigenvalue weighted by molar-refractivity contribution is -0.161. The van der Waals surface area contributed by atoms with Gasteiger partial charge in [0.25, 0.3) is 0 Å². The van der Waals surface area contributed by atoms with E-state index in [0.717, 1.165) is 83.5 Å². The van der Waals surface area contributed by atoms with E-state index in [4.69, 9.17) is 9.47 Å². The fourth-order valence-corrected chi connectivity index (χ4v) is 11.2. The summed E-state index contributed by atoms with van der Waals surface area (Å²) in [6, 6.07) is 0. The number of hydrogen-bond donors (Lipinski definition) is 1. The molecule has 0 saturated heterocycles. The monoisotopic (exact) mass is 1200 g/mol. The Labute approximate surface area is 536 Å². The molecule has 1 atom stereocenters. The molecule has 498 valence electrons. The van der Waals surface area contributed by atoms with Crippen LogP contribution in [0, 0.1) is 0 Å². The van der Waals surface area contributed by atoms with Gasteiger partial charge in [-0.05, 0) is 96.3 Å². The molecule has 0 aromatic heterocycles. The Bertz CT molecular complexity index is 1600. The number of ether oxygens (including phenoxy) is 2. The fourth-order valence-electron chi connectivity index (χ4n) is 11.2. The van der Waals surface area contributed by atoms with Crippen molar-refractivity contribution in [2.45, 2.75) is 392 Å². The van der Waals surface area contributed by atoms with Gasteiger partial charge in [0, 0.05) is 12.8 Å². The summed E-state index contributed by atoms with van der Waals surface area (Å²) in [6.07, 6.45) is 109. The first-order valence-electron chi connectivity index (χ1n) is 37.8. The number of unbranched alkanes of at least 4 members (excludes halogenated alkanes) is 46. The third kappa shape index (κ3) is 73.3. The highest BCUT2D eigenvalue weighted by Gasteiger charge is 2.16.